The van der Waals surface area contributed by atoms with E-state index >= 15 is 0 Å². The van der Waals surface area contributed by atoms with Crippen molar-refractivity contribution in [2.75, 3.05) is 0 Å². The first-order chi connectivity index (χ1) is 10.2. The third-order valence-electron chi connectivity index (χ3n) is 3.08. The van der Waals surface area contributed by atoms with Crippen molar-refractivity contribution in [3.05, 3.63) is 33.5 Å². The lowest BCUT2D eigenvalue weighted by molar-refractivity contribution is -0.140. The molecule has 0 aliphatic rings. The molecule has 2 aromatic rings. The summed E-state index contributed by atoms with van der Waals surface area (Å²) in [5.74, 6) is -0.374. The zero-order valence-corrected chi connectivity index (χ0v) is 13.0. The van der Waals surface area contributed by atoms with Crippen LogP contribution in [0, 0.1) is 6.92 Å². The van der Waals surface area contributed by atoms with Gasteiger partial charge in [-0.15, -0.1) is 11.3 Å². The van der Waals surface area contributed by atoms with E-state index in [-0.39, 0.29) is 10.9 Å². The quantitative estimate of drug-likeness (QED) is 0.936. The van der Waals surface area contributed by atoms with Gasteiger partial charge in [-0.2, -0.15) is 18.3 Å². The second kappa shape index (κ2) is 6.07. The average Bonchev–Trinajstić information content (AvgIpc) is 3.02. The summed E-state index contributed by atoms with van der Waals surface area (Å²) in [5, 5.41) is 7.97. The van der Waals surface area contributed by atoms with Gasteiger partial charge in [-0.1, -0.05) is 6.92 Å². The molecule has 22 heavy (non-hydrogen) atoms. The summed E-state index contributed by atoms with van der Waals surface area (Å²) >= 11 is 0.889. The molecule has 1 N–H and O–H groups in total. The van der Waals surface area contributed by atoms with Crippen molar-refractivity contribution in [1.29, 1.82) is 0 Å². The zero-order valence-electron chi connectivity index (χ0n) is 12.2. The largest absolute Gasteiger partial charge is 0.434 e. The Morgan fingerprint density at radius 2 is 2.18 bits per heavy atom. The number of halogens is 3. The number of thiazole rings is 1. The minimum atomic E-state index is -4.48. The van der Waals surface area contributed by atoms with Gasteiger partial charge in [0.1, 0.15) is 5.01 Å². The molecule has 9 heteroatoms. The number of aromatic nitrogens is 3. The highest BCUT2D eigenvalue weighted by molar-refractivity contribution is 7.09. The van der Waals surface area contributed by atoms with Crippen molar-refractivity contribution >= 4 is 17.2 Å². The number of alkyl halides is 3. The van der Waals surface area contributed by atoms with E-state index < -0.39 is 17.9 Å². The first kappa shape index (κ1) is 16.5. The maximum Gasteiger partial charge on any atom is 0.434 e. The highest BCUT2D eigenvalue weighted by atomic mass is 32.1. The molecule has 0 aliphatic carbocycles. The molecule has 0 saturated carbocycles. The van der Waals surface area contributed by atoms with E-state index in [0.29, 0.717) is 17.7 Å². The molecular weight excluding hydrogens is 317 g/mol. The van der Waals surface area contributed by atoms with Crippen LogP contribution in [0.4, 0.5) is 13.2 Å². The Balaban J connectivity index is 2.17. The molecule has 1 unspecified atom stereocenters. The Labute approximate surface area is 129 Å². The minimum Gasteiger partial charge on any atom is -0.343 e. The van der Waals surface area contributed by atoms with Gasteiger partial charge in [0.05, 0.1) is 17.3 Å². The van der Waals surface area contributed by atoms with Gasteiger partial charge in [-0.25, -0.2) is 4.98 Å². The van der Waals surface area contributed by atoms with E-state index in [2.05, 4.69) is 15.4 Å². The summed E-state index contributed by atoms with van der Waals surface area (Å²) in [7, 11) is 1.69. The lowest BCUT2D eigenvalue weighted by Crippen LogP contribution is -2.28. The molecule has 2 rings (SSSR count). The number of hydrogen-bond donors (Lipinski definition) is 1. The maximum atomic E-state index is 12.6. The molecule has 120 valence electrons. The lowest BCUT2D eigenvalue weighted by atomic mass is 10.2. The van der Waals surface area contributed by atoms with Crippen LogP contribution in [0.5, 0.6) is 0 Å². The van der Waals surface area contributed by atoms with Crippen molar-refractivity contribution in [3.63, 3.8) is 0 Å². The van der Waals surface area contributed by atoms with Crippen molar-refractivity contribution in [3.8, 4) is 0 Å². The number of rotatable bonds is 4. The molecule has 0 bridgehead atoms. The molecule has 2 heterocycles. The zero-order chi connectivity index (χ0) is 16.5. The van der Waals surface area contributed by atoms with Crippen LogP contribution in [0.2, 0.25) is 0 Å². The molecule has 5 nitrogen and oxygen atoms in total. The van der Waals surface area contributed by atoms with Crippen LogP contribution >= 0.6 is 11.3 Å². The van der Waals surface area contributed by atoms with E-state index in [4.69, 9.17) is 0 Å². The summed E-state index contributed by atoms with van der Waals surface area (Å²) in [6.45, 7) is 3.47. The van der Waals surface area contributed by atoms with E-state index in [1.54, 1.807) is 27.1 Å². The van der Waals surface area contributed by atoms with E-state index in [9.17, 15) is 18.0 Å². The van der Waals surface area contributed by atoms with E-state index in [0.717, 1.165) is 16.7 Å². The van der Waals surface area contributed by atoms with Gasteiger partial charge in [0.15, 0.2) is 5.69 Å². The Bertz CT molecular complexity index is 677. The Morgan fingerprint density at radius 3 is 2.64 bits per heavy atom. The molecule has 0 radical (unpaired) electrons. The van der Waals surface area contributed by atoms with Crippen LogP contribution in [0.15, 0.2) is 11.6 Å². The van der Waals surface area contributed by atoms with Gasteiger partial charge in [-0.05, 0) is 13.3 Å². The first-order valence-electron chi connectivity index (χ1n) is 6.56. The number of nitrogens with zero attached hydrogens (tertiary/aromatic N) is 3. The van der Waals surface area contributed by atoms with E-state index in [1.807, 2.05) is 0 Å². The fraction of sp³-hybridized carbons (Fsp3) is 0.462. The van der Waals surface area contributed by atoms with Crippen LogP contribution in [0.1, 0.15) is 46.1 Å². The second-order valence-corrected chi connectivity index (χ2v) is 5.69. The van der Waals surface area contributed by atoms with Crippen LogP contribution < -0.4 is 5.32 Å². The molecule has 0 fully saturated rings. The number of carbonyl (C=O) groups is 1. The molecule has 0 aliphatic heterocycles. The van der Waals surface area contributed by atoms with Crippen molar-refractivity contribution in [1.82, 2.24) is 20.1 Å². The van der Waals surface area contributed by atoms with Crippen molar-refractivity contribution in [2.45, 2.75) is 32.5 Å². The normalized spacial score (nSPS) is 13.2. The van der Waals surface area contributed by atoms with Crippen LogP contribution in [-0.2, 0) is 13.2 Å². The number of carbonyl (C=O) groups excluding carboxylic acids is 1. The smallest absolute Gasteiger partial charge is 0.343 e. The summed E-state index contributed by atoms with van der Waals surface area (Å²) in [5.41, 5.74) is 0.0243. The monoisotopic (exact) mass is 332 g/mol. The third kappa shape index (κ3) is 3.46. The SMILES string of the molecule is CCC(NC(=O)c1cn(C)nc1C)c1nc(C(F)(F)F)cs1. The Hall–Kier alpha value is -1.90. The molecule has 1 amide bonds. The summed E-state index contributed by atoms with van der Waals surface area (Å²) in [6.07, 6.45) is -2.47. The Morgan fingerprint density at radius 1 is 1.50 bits per heavy atom. The number of hydrogen-bond acceptors (Lipinski definition) is 4. The molecule has 2 aromatic heterocycles. The molecule has 0 aromatic carbocycles. The van der Waals surface area contributed by atoms with Gasteiger partial charge >= 0.3 is 6.18 Å². The molecule has 0 spiro atoms. The van der Waals surface area contributed by atoms with Gasteiger partial charge in [0, 0.05) is 18.6 Å². The maximum absolute atomic E-state index is 12.6. The molecule has 1 atom stereocenters. The van der Waals surface area contributed by atoms with E-state index in [1.165, 1.54) is 4.68 Å². The van der Waals surface area contributed by atoms with Gasteiger partial charge in [0.25, 0.3) is 5.91 Å². The Kier molecular flexibility index (Phi) is 4.55. The fourth-order valence-electron chi connectivity index (χ4n) is 1.97. The van der Waals surface area contributed by atoms with Crippen LogP contribution in [0.25, 0.3) is 0 Å². The average molecular weight is 332 g/mol. The van der Waals surface area contributed by atoms with Gasteiger partial charge < -0.3 is 5.32 Å². The highest BCUT2D eigenvalue weighted by Gasteiger charge is 2.34. The molecular formula is C13H15F3N4OS. The number of amides is 1. The van der Waals surface area contributed by atoms with Crippen LogP contribution in [0.3, 0.4) is 0 Å². The fourth-order valence-corrected chi connectivity index (χ4v) is 2.93. The minimum absolute atomic E-state index is 0.240. The molecule has 0 saturated heterocycles. The predicted octanol–water partition coefficient (Wildman–Crippen LogP) is 3.08. The van der Waals surface area contributed by atoms with Gasteiger partial charge in [0.2, 0.25) is 0 Å². The van der Waals surface area contributed by atoms with Crippen molar-refractivity contribution in [2.24, 2.45) is 7.05 Å². The predicted molar refractivity (Wildman–Crippen MR) is 75.6 cm³/mol. The number of aryl methyl sites for hydroxylation is 2. The highest BCUT2D eigenvalue weighted by Crippen LogP contribution is 2.32. The summed E-state index contributed by atoms with van der Waals surface area (Å²) in [4.78, 5) is 15.8. The topological polar surface area (TPSA) is 59.8 Å². The third-order valence-corrected chi connectivity index (χ3v) is 4.04. The lowest BCUT2D eigenvalue weighted by Gasteiger charge is -2.14. The number of nitrogens with one attached hydrogen (secondary N) is 1. The second-order valence-electron chi connectivity index (χ2n) is 4.80. The first-order valence-corrected chi connectivity index (χ1v) is 7.44. The van der Waals surface area contributed by atoms with Crippen LogP contribution in [-0.4, -0.2) is 20.7 Å². The summed E-state index contributed by atoms with van der Waals surface area (Å²) in [6, 6.07) is -0.562. The summed E-state index contributed by atoms with van der Waals surface area (Å²) < 4.78 is 39.3. The standard InChI is InChI=1S/C13H15F3N4OS/c1-4-9(12-18-10(6-22-12)13(14,15)16)17-11(21)8-5-20(3)19-7(8)2/h5-6,9H,4H2,1-3H3,(H,17,21). The van der Waals surface area contributed by atoms with Gasteiger partial charge in [-0.3, -0.25) is 9.48 Å². The van der Waals surface area contributed by atoms with Crippen molar-refractivity contribution < 1.29 is 18.0 Å².